The van der Waals surface area contributed by atoms with Gasteiger partial charge in [-0.1, -0.05) is 60.7 Å². The molecule has 0 atom stereocenters. The van der Waals surface area contributed by atoms with E-state index < -0.39 is 0 Å². The summed E-state index contributed by atoms with van der Waals surface area (Å²) in [7, 11) is 0. The number of aromatic nitrogens is 1. The van der Waals surface area contributed by atoms with E-state index in [2.05, 4.69) is 23.3 Å². The summed E-state index contributed by atoms with van der Waals surface area (Å²) in [5.74, 6) is 0.465. The lowest BCUT2D eigenvalue weighted by Gasteiger charge is -2.07. The zero-order chi connectivity index (χ0) is 17.9. The molecule has 26 heavy (non-hydrogen) atoms. The molecule has 1 amide bonds. The Hall–Kier alpha value is -2.92. The monoisotopic (exact) mass is 362 g/mol. The molecular formula is C21H18N2O2S. The van der Waals surface area contributed by atoms with Crippen LogP contribution in [0.4, 0.5) is 5.13 Å². The highest BCUT2D eigenvalue weighted by molar-refractivity contribution is 7.22. The second-order valence-corrected chi connectivity index (χ2v) is 7.01. The molecule has 0 unspecified atom stereocenters. The zero-order valence-electron chi connectivity index (χ0n) is 14.4. The van der Waals surface area contributed by atoms with Crippen LogP contribution in [0.3, 0.4) is 0 Å². The van der Waals surface area contributed by atoms with Gasteiger partial charge in [-0.2, -0.15) is 0 Å². The van der Waals surface area contributed by atoms with Gasteiger partial charge in [0, 0.05) is 0 Å². The van der Waals surface area contributed by atoms with Gasteiger partial charge in [0.1, 0.15) is 5.75 Å². The number of carbonyl (C=O) groups excluding carboxylic acids is 1. The number of hydrogen-bond acceptors (Lipinski definition) is 4. The third kappa shape index (κ3) is 3.39. The second-order valence-electron chi connectivity index (χ2n) is 5.98. The number of carbonyl (C=O) groups is 1. The van der Waals surface area contributed by atoms with Crippen LogP contribution in [-0.2, 0) is 11.2 Å². The fourth-order valence-corrected chi connectivity index (χ4v) is 3.84. The van der Waals surface area contributed by atoms with Gasteiger partial charge < -0.3 is 4.74 Å². The summed E-state index contributed by atoms with van der Waals surface area (Å²) < 4.78 is 6.71. The Morgan fingerprint density at radius 2 is 1.92 bits per heavy atom. The van der Waals surface area contributed by atoms with Crippen molar-refractivity contribution in [1.29, 1.82) is 0 Å². The minimum Gasteiger partial charge on any atom is -0.484 e. The molecule has 1 aromatic heterocycles. The maximum atomic E-state index is 12.2. The van der Waals surface area contributed by atoms with Crippen LogP contribution >= 0.6 is 11.3 Å². The largest absolute Gasteiger partial charge is 0.484 e. The van der Waals surface area contributed by atoms with Crippen molar-refractivity contribution in [1.82, 2.24) is 4.98 Å². The molecule has 4 aromatic rings. The molecule has 0 fully saturated rings. The van der Waals surface area contributed by atoms with Crippen LogP contribution in [0.15, 0.2) is 60.7 Å². The Kier molecular flexibility index (Phi) is 4.54. The van der Waals surface area contributed by atoms with Crippen molar-refractivity contribution < 1.29 is 9.53 Å². The number of nitrogens with zero attached hydrogens (tertiary/aromatic N) is 1. The number of fused-ring (bicyclic) bond motifs is 2. The summed E-state index contributed by atoms with van der Waals surface area (Å²) in [5.41, 5.74) is 2.15. The predicted octanol–water partition coefficient (Wildman–Crippen LogP) is 5.03. The van der Waals surface area contributed by atoms with E-state index in [4.69, 9.17) is 4.74 Å². The van der Waals surface area contributed by atoms with E-state index in [1.807, 2.05) is 54.6 Å². The van der Waals surface area contributed by atoms with Crippen molar-refractivity contribution in [2.75, 3.05) is 11.9 Å². The first-order chi connectivity index (χ1) is 12.7. The number of hydrogen-bond donors (Lipinski definition) is 1. The average molecular weight is 362 g/mol. The highest BCUT2D eigenvalue weighted by Crippen LogP contribution is 2.28. The quantitative estimate of drug-likeness (QED) is 0.542. The summed E-state index contributed by atoms with van der Waals surface area (Å²) in [6.45, 7) is 2.05. The van der Waals surface area contributed by atoms with Gasteiger partial charge >= 0.3 is 0 Å². The Bertz CT molecular complexity index is 1090. The van der Waals surface area contributed by atoms with Crippen molar-refractivity contribution in [3.05, 3.63) is 66.2 Å². The van der Waals surface area contributed by atoms with Crippen LogP contribution in [0.2, 0.25) is 0 Å². The van der Waals surface area contributed by atoms with Crippen molar-refractivity contribution in [2.24, 2.45) is 0 Å². The summed E-state index contributed by atoms with van der Waals surface area (Å²) >= 11 is 1.48. The molecule has 1 N–H and O–H groups in total. The van der Waals surface area contributed by atoms with Crippen molar-refractivity contribution in [2.45, 2.75) is 13.3 Å². The fraction of sp³-hybridized carbons (Fsp3) is 0.143. The number of benzene rings is 3. The summed E-state index contributed by atoms with van der Waals surface area (Å²) in [6, 6.07) is 20.0. The summed E-state index contributed by atoms with van der Waals surface area (Å²) in [4.78, 5) is 16.8. The Balaban J connectivity index is 1.43. The number of aryl methyl sites for hydroxylation is 1. The van der Waals surface area contributed by atoms with Crippen LogP contribution in [0.5, 0.6) is 5.75 Å². The van der Waals surface area contributed by atoms with Gasteiger partial charge in [-0.05, 0) is 41.0 Å². The van der Waals surface area contributed by atoms with Crippen molar-refractivity contribution in [3.63, 3.8) is 0 Å². The molecule has 0 saturated carbocycles. The third-order valence-electron chi connectivity index (χ3n) is 4.22. The molecule has 0 saturated heterocycles. The highest BCUT2D eigenvalue weighted by atomic mass is 32.1. The first-order valence-electron chi connectivity index (χ1n) is 8.53. The van der Waals surface area contributed by atoms with Crippen LogP contribution in [0, 0.1) is 0 Å². The van der Waals surface area contributed by atoms with E-state index in [1.165, 1.54) is 16.9 Å². The Morgan fingerprint density at radius 1 is 1.08 bits per heavy atom. The van der Waals surface area contributed by atoms with Gasteiger partial charge in [-0.15, -0.1) is 0 Å². The topological polar surface area (TPSA) is 51.2 Å². The standard InChI is InChI=1S/C21H18N2O2S/c1-2-14-8-5-9-18-20(14)23-21(26-18)22-19(24)13-25-17-11-10-15-6-3-4-7-16(15)12-17/h3-12H,2,13H2,1H3,(H,22,23,24). The average Bonchev–Trinajstić information content (AvgIpc) is 3.08. The normalized spacial score (nSPS) is 11.0. The van der Waals surface area contributed by atoms with Gasteiger partial charge in [-0.25, -0.2) is 4.98 Å². The maximum absolute atomic E-state index is 12.2. The maximum Gasteiger partial charge on any atom is 0.264 e. The number of amides is 1. The number of ether oxygens (including phenoxy) is 1. The van der Waals surface area contributed by atoms with Crippen LogP contribution in [-0.4, -0.2) is 17.5 Å². The zero-order valence-corrected chi connectivity index (χ0v) is 15.2. The summed E-state index contributed by atoms with van der Waals surface area (Å²) in [6.07, 6.45) is 0.916. The lowest BCUT2D eigenvalue weighted by molar-refractivity contribution is -0.118. The van der Waals surface area contributed by atoms with Gasteiger partial charge in [0.15, 0.2) is 11.7 Å². The van der Waals surface area contributed by atoms with Gasteiger partial charge in [0.25, 0.3) is 5.91 Å². The molecule has 0 radical (unpaired) electrons. The van der Waals surface area contributed by atoms with Crippen LogP contribution in [0.25, 0.3) is 21.0 Å². The summed E-state index contributed by atoms with van der Waals surface area (Å²) in [5, 5.41) is 5.67. The number of nitrogens with one attached hydrogen (secondary N) is 1. The molecule has 0 aliphatic rings. The van der Waals surface area contributed by atoms with E-state index >= 15 is 0 Å². The molecule has 130 valence electrons. The Morgan fingerprint density at radius 3 is 2.77 bits per heavy atom. The van der Waals surface area contributed by atoms with E-state index in [1.54, 1.807) is 0 Å². The van der Waals surface area contributed by atoms with Crippen molar-refractivity contribution >= 4 is 43.4 Å². The minimum absolute atomic E-state index is 0.0467. The second kappa shape index (κ2) is 7.14. The number of thiazole rings is 1. The predicted molar refractivity (Wildman–Crippen MR) is 107 cm³/mol. The highest BCUT2D eigenvalue weighted by Gasteiger charge is 2.10. The molecular weight excluding hydrogens is 344 g/mol. The van der Waals surface area contributed by atoms with E-state index in [0.717, 1.165) is 27.4 Å². The SMILES string of the molecule is CCc1cccc2sc(NC(=O)COc3ccc4ccccc4c3)nc12. The molecule has 1 heterocycles. The molecule has 0 bridgehead atoms. The van der Waals surface area contributed by atoms with Crippen LogP contribution in [0.1, 0.15) is 12.5 Å². The third-order valence-corrected chi connectivity index (χ3v) is 5.16. The first kappa shape index (κ1) is 16.5. The lowest BCUT2D eigenvalue weighted by Crippen LogP contribution is -2.20. The van der Waals surface area contributed by atoms with E-state index in [9.17, 15) is 4.79 Å². The molecule has 3 aromatic carbocycles. The number of rotatable bonds is 5. The number of anilines is 1. The smallest absolute Gasteiger partial charge is 0.264 e. The molecule has 4 rings (SSSR count). The molecule has 0 aliphatic heterocycles. The van der Waals surface area contributed by atoms with Gasteiger partial charge in [0.2, 0.25) is 0 Å². The molecule has 5 heteroatoms. The first-order valence-corrected chi connectivity index (χ1v) is 9.34. The fourth-order valence-electron chi connectivity index (χ4n) is 2.91. The van der Waals surface area contributed by atoms with E-state index in [0.29, 0.717) is 10.9 Å². The Labute approximate surface area is 155 Å². The lowest BCUT2D eigenvalue weighted by atomic mass is 10.1. The van der Waals surface area contributed by atoms with Crippen LogP contribution < -0.4 is 10.1 Å². The van der Waals surface area contributed by atoms with Crippen molar-refractivity contribution in [3.8, 4) is 5.75 Å². The van der Waals surface area contributed by atoms with Gasteiger partial charge in [-0.3, -0.25) is 10.1 Å². The molecule has 0 aliphatic carbocycles. The number of para-hydroxylation sites is 1. The minimum atomic E-state index is -0.213. The molecule has 4 nitrogen and oxygen atoms in total. The van der Waals surface area contributed by atoms with E-state index in [-0.39, 0.29) is 12.5 Å². The molecule has 0 spiro atoms. The van der Waals surface area contributed by atoms with Gasteiger partial charge in [0.05, 0.1) is 10.2 Å².